The molecule has 2 heterocycles. The Balaban J connectivity index is 1.52. The Morgan fingerprint density at radius 1 is 1.19 bits per heavy atom. The van der Waals surface area contributed by atoms with Crippen molar-refractivity contribution in [2.75, 3.05) is 25.6 Å². The first kappa shape index (κ1) is 19.1. The van der Waals surface area contributed by atoms with E-state index in [1.54, 1.807) is 6.07 Å². The Morgan fingerprint density at radius 2 is 1.96 bits per heavy atom. The number of thiazole rings is 1. The van der Waals surface area contributed by atoms with Crippen LogP contribution in [0.15, 0.2) is 30.3 Å². The van der Waals surface area contributed by atoms with Crippen LogP contribution in [0, 0.1) is 0 Å². The normalized spacial score (nSPS) is 10.6. The van der Waals surface area contributed by atoms with Gasteiger partial charge < -0.3 is 9.64 Å². The Bertz CT molecular complexity index is 933. The van der Waals surface area contributed by atoms with E-state index in [2.05, 4.69) is 15.8 Å². The molecule has 0 bridgehead atoms. The second-order valence-electron chi connectivity index (χ2n) is 5.92. The van der Waals surface area contributed by atoms with Crippen LogP contribution in [-0.4, -0.2) is 37.5 Å². The highest BCUT2D eigenvalue weighted by Gasteiger charge is 2.15. The minimum atomic E-state index is -0.430. The van der Waals surface area contributed by atoms with Crippen molar-refractivity contribution in [1.82, 2.24) is 15.8 Å². The van der Waals surface area contributed by atoms with Gasteiger partial charge in [-0.3, -0.25) is 20.4 Å². The van der Waals surface area contributed by atoms with Crippen molar-refractivity contribution in [1.29, 1.82) is 0 Å². The van der Waals surface area contributed by atoms with Crippen LogP contribution in [0.4, 0.5) is 5.13 Å². The number of anilines is 1. The third-order valence-corrected chi connectivity index (χ3v) is 6.04. The van der Waals surface area contributed by atoms with Crippen LogP contribution < -0.4 is 20.5 Å². The number of fused-ring (bicyclic) bond motifs is 1. The Labute approximate surface area is 164 Å². The molecule has 142 valence electrons. The number of aromatic nitrogens is 1. The Hall–Kier alpha value is -2.65. The molecule has 3 rings (SSSR count). The molecule has 0 unspecified atom stereocenters. The van der Waals surface area contributed by atoms with Gasteiger partial charge in [0.15, 0.2) is 11.7 Å². The van der Waals surface area contributed by atoms with E-state index in [1.165, 1.54) is 22.7 Å². The highest BCUT2D eigenvalue weighted by molar-refractivity contribution is 7.29. The standard InChI is InChI=1S/C18H20N4O3S2/c1-4-11-7-5-6-8-12(11)25-10-15(23)20-21-16(24)13-9-14-17(26-13)19-18(27-14)22(2)3/h5-9H,4,10H2,1-3H3,(H,20,23)(H,21,24). The summed E-state index contributed by atoms with van der Waals surface area (Å²) in [6.45, 7) is 1.84. The number of aryl methyl sites for hydroxylation is 1. The number of para-hydroxylation sites is 1. The summed E-state index contributed by atoms with van der Waals surface area (Å²) in [5, 5.41) is 0.890. The first-order valence-electron chi connectivity index (χ1n) is 8.35. The van der Waals surface area contributed by atoms with E-state index < -0.39 is 5.91 Å². The Morgan fingerprint density at radius 3 is 2.67 bits per heavy atom. The lowest BCUT2D eigenvalue weighted by Crippen LogP contribution is -2.43. The lowest BCUT2D eigenvalue weighted by Gasteiger charge is -2.10. The van der Waals surface area contributed by atoms with Gasteiger partial charge in [0.25, 0.3) is 11.8 Å². The highest BCUT2D eigenvalue weighted by atomic mass is 32.1. The highest BCUT2D eigenvalue weighted by Crippen LogP contribution is 2.33. The summed E-state index contributed by atoms with van der Waals surface area (Å²) < 4.78 is 6.47. The zero-order valence-electron chi connectivity index (χ0n) is 15.2. The van der Waals surface area contributed by atoms with Crippen LogP contribution in [0.2, 0.25) is 0 Å². The molecule has 0 spiro atoms. The number of carbonyl (C=O) groups is 2. The molecule has 7 nitrogen and oxygen atoms in total. The van der Waals surface area contributed by atoms with Gasteiger partial charge in [-0.2, -0.15) is 0 Å². The number of hydrogen-bond acceptors (Lipinski definition) is 7. The molecule has 0 aliphatic rings. The van der Waals surface area contributed by atoms with Crippen LogP contribution in [-0.2, 0) is 11.2 Å². The van der Waals surface area contributed by atoms with Crippen LogP contribution >= 0.6 is 22.7 Å². The van der Waals surface area contributed by atoms with Crippen molar-refractivity contribution in [2.24, 2.45) is 0 Å². The molecule has 2 amide bonds. The maximum Gasteiger partial charge on any atom is 0.279 e. The van der Waals surface area contributed by atoms with Crippen molar-refractivity contribution in [2.45, 2.75) is 13.3 Å². The fourth-order valence-electron chi connectivity index (χ4n) is 2.33. The van der Waals surface area contributed by atoms with Crippen LogP contribution in [0.5, 0.6) is 5.75 Å². The molecule has 2 aromatic heterocycles. The van der Waals surface area contributed by atoms with Crippen LogP contribution in [0.3, 0.4) is 0 Å². The molecule has 3 aromatic rings. The molecular weight excluding hydrogens is 384 g/mol. The average molecular weight is 405 g/mol. The number of benzene rings is 1. The minimum absolute atomic E-state index is 0.176. The largest absolute Gasteiger partial charge is 0.483 e. The maximum atomic E-state index is 12.2. The van der Waals surface area contributed by atoms with Gasteiger partial charge in [0.05, 0.1) is 9.58 Å². The number of hydrogen-bond donors (Lipinski definition) is 2. The summed E-state index contributed by atoms with van der Waals surface area (Å²) in [4.78, 5) is 31.8. The van der Waals surface area contributed by atoms with E-state index in [9.17, 15) is 9.59 Å². The molecule has 9 heteroatoms. The van der Waals surface area contributed by atoms with Crippen molar-refractivity contribution in [3.05, 3.63) is 40.8 Å². The Kier molecular flexibility index (Phi) is 5.92. The van der Waals surface area contributed by atoms with Crippen LogP contribution in [0.25, 0.3) is 9.53 Å². The van der Waals surface area contributed by atoms with Gasteiger partial charge in [-0.1, -0.05) is 36.5 Å². The van der Waals surface area contributed by atoms with E-state index in [1.807, 2.05) is 50.2 Å². The summed E-state index contributed by atoms with van der Waals surface area (Å²) in [6.07, 6.45) is 0.813. The molecule has 2 N–H and O–H groups in total. The number of ether oxygens (including phenoxy) is 1. The van der Waals surface area contributed by atoms with Gasteiger partial charge in [-0.05, 0) is 24.1 Å². The van der Waals surface area contributed by atoms with Gasteiger partial charge in [-0.15, -0.1) is 11.3 Å². The number of nitrogens with zero attached hydrogens (tertiary/aromatic N) is 2. The molecule has 0 atom stereocenters. The zero-order chi connectivity index (χ0) is 19.4. The number of carbonyl (C=O) groups excluding carboxylic acids is 2. The van der Waals surface area contributed by atoms with Crippen molar-refractivity contribution in [3.63, 3.8) is 0 Å². The van der Waals surface area contributed by atoms with E-state index in [0.717, 1.165) is 26.6 Å². The molecule has 0 aliphatic heterocycles. The maximum absolute atomic E-state index is 12.2. The molecule has 27 heavy (non-hydrogen) atoms. The van der Waals surface area contributed by atoms with Gasteiger partial charge in [0.2, 0.25) is 0 Å². The predicted octanol–water partition coefficient (Wildman–Crippen LogP) is 2.83. The predicted molar refractivity (Wildman–Crippen MR) is 109 cm³/mol. The fraction of sp³-hybridized carbons (Fsp3) is 0.278. The third kappa shape index (κ3) is 4.55. The lowest BCUT2D eigenvalue weighted by atomic mass is 10.1. The van der Waals surface area contributed by atoms with E-state index in [4.69, 9.17) is 4.74 Å². The summed E-state index contributed by atoms with van der Waals surface area (Å²) >= 11 is 2.80. The molecular formula is C18H20N4O3S2. The van der Waals surface area contributed by atoms with Crippen molar-refractivity contribution < 1.29 is 14.3 Å². The number of thiophene rings is 1. The van der Waals surface area contributed by atoms with Gasteiger partial charge in [0.1, 0.15) is 10.6 Å². The SMILES string of the molecule is CCc1ccccc1OCC(=O)NNC(=O)c1cc2sc(N(C)C)nc2s1. The molecule has 0 radical (unpaired) electrons. The number of rotatable bonds is 6. The second kappa shape index (κ2) is 8.36. The average Bonchev–Trinajstić information content (AvgIpc) is 3.24. The van der Waals surface area contributed by atoms with E-state index >= 15 is 0 Å². The van der Waals surface area contributed by atoms with Gasteiger partial charge in [0, 0.05) is 14.1 Å². The lowest BCUT2D eigenvalue weighted by molar-refractivity contribution is -0.123. The fourth-order valence-corrected chi connectivity index (χ4v) is 4.36. The van der Waals surface area contributed by atoms with Crippen LogP contribution in [0.1, 0.15) is 22.2 Å². The van der Waals surface area contributed by atoms with E-state index in [-0.39, 0.29) is 12.5 Å². The number of nitrogens with one attached hydrogen (secondary N) is 2. The topological polar surface area (TPSA) is 83.6 Å². The van der Waals surface area contributed by atoms with Gasteiger partial charge in [-0.25, -0.2) is 4.98 Å². The summed E-state index contributed by atoms with van der Waals surface area (Å²) in [5.41, 5.74) is 5.81. The zero-order valence-corrected chi connectivity index (χ0v) is 16.9. The first-order valence-corrected chi connectivity index (χ1v) is 9.98. The smallest absolute Gasteiger partial charge is 0.279 e. The number of hydrazine groups is 1. The van der Waals surface area contributed by atoms with Crippen molar-refractivity contribution >= 4 is 49.1 Å². The minimum Gasteiger partial charge on any atom is -0.483 e. The monoisotopic (exact) mass is 404 g/mol. The number of amides is 2. The van der Waals surface area contributed by atoms with Gasteiger partial charge >= 0.3 is 0 Å². The molecule has 0 saturated carbocycles. The molecule has 0 aliphatic carbocycles. The van der Waals surface area contributed by atoms with Crippen molar-refractivity contribution in [3.8, 4) is 5.75 Å². The third-order valence-electron chi connectivity index (χ3n) is 3.71. The quantitative estimate of drug-likeness (QED) is 0.617. The first-order chi connectivity index (χ1) is 13.0. The second-order valence-corrected chi connectivity index (χ2v) is 7.96. The molecule has 1 aromatic carbocycles. The summed E-state index contributed by atoms with van der Waals surface area (Å²) in [7, 11) is 3.85. The molecule has 0 fully saturated rings. The molecule has 0 saturated heterocycles. The summed E-state index contributed by atoms with van der Waals surface area (Å²) in [6, 6.07) is 9.33. The van der Waals surface area contributed by atoms with E-state index in [0.29, 0.717) is 10.6 Å². The summed E-state index contributed by atoms with van der Waals surface area (Å²) in [5.74, 6) is -0.137.